The van der Waals surface area contributed by atoms with E-state index >= 15 is 0 Å². The van der Waals surface area contributed by atoms with Crippen LogP contribution in [0.1, 0.15) is 17.4 Å². The van der Waals surface area contributed by atoms with Gasteiger partial charge in [0.25, 0.3) is 0 Å². The molecule has 102 valence electrons. The standard InChI is InChI=1S/C13H16ClN3OS/c1-9(6-10-4-3-5-19-10)17(2)13-11(7-18)12(14)15-8-16-13/h3-5,8-9,18H,6-7H2,1-2H3. The molecule has 0 radical (unpaired) electrons. The predicted octanol–water partition coefficient (Wildman–Crippen LogP) is 2.75. The van der Waals surface area contributed by atoms with Crippen LogP contribution in [0.2, 0.25) is 5.15 Å². The van der Waals surface area contributed by atoms with Crippen molar-refractivity contribution in [1.29, 1.82) is 0 Å². The predicted molar refractivity (Wildman–Crippen MR) is 78.9 cm³/mol. The molecule has 0 aliphatic heterocycles. The SMILES string of the molecule is CC(Cc1cccs1)N(C)c1ncnc(Cl)c1CO. The number of likely N-dealkylation sites (N-methyl/N-ethyl adjacent to an activating group) is 1. The van der Waals surface area contributed by atoms with Gasteiger partial charge in [-0.15, -0.1) is 11.3 Å². The van der Waals surface area contributed by atoms with Crippen LogP contribution >= 0.6 is 22.9 Å². The van der Waals surface area contributed by atoms with E-state index in [1.807, 2.05) is 18.0 Å². The van der Waals surface area contributed by atoms with Gasteiger partial charge in [-0.2, -0.15) is 0 Å². The number of aliphatic hydroxyl groups is 1. The highest BCUT2D eigenvalue weighted by atomic mass is 35.5. The minimum absolute atomic E-state index is 0.162. The van der Waals surface area contributed by atoms with Gasteiger partial charge in [0.15, 0.2) is 0 Å². The summed E-state index contributed by atoms with van der Waals surface area (Å²) >= 11 is 7.73. The molecule has 2 rings (SSSR count). The van der Waals surface area contributed by atoms with Gasteiger partial charge in [0.1, 0.15) is 17.3 Å². The van der Waals surface area contributed by atoms with Crippen molar-refractivity contribution in [3.8, 4) is 0 Å². The van der Waals surface area contributed by atoms with Crippen molar-refractivity contribution in [2.24, 2.45) is 0 Å². The summed E-state index contributed by atoms with van der Waals surface area (Å²) in [5, 5.41) is 11.8. The van der Waals surface area contributed by atoms with E-state index in [-0.39, 0.29) is 12.6 Å². The normalized spacial score (nSPS) is 12.4. The summed E-state index contributed by atoms with van der Waals surface area (Å²) in [5.74, 6) is 0.687. The molecule has 0 aliphatic rings. The number of hydrogen-bond acceptors (Lipinski definition) is 5. The summed E-state index contributed by atoms with van der Waals surface area (Å²) in [4.78, 5) is 11.5. The first-order valence-electron chi connectivity index (χ1n) is 5.99. The van der Waals surface area contributed by atoms with E-state index < -0.39 is 0 Å². The number of aliphatic hydroxyl groups excluding tert-OH is 1. The van der Waals surface area contributed by atoms with E-state index in [9.17, 15) is 5.11 Å². The zero-order chi connectivity index (χ0) is 13.8. The van der Waals surface area contributed by atoms with Crippen LogP contribution in [0.4, 0.5) is 5.82 Å². The lowest BCUT2D eigenvalue weighted by atomic mass is 10.1. The Bertz CT molecular complexity index is 533. The molecule has 1 unspecified atom stereocenters. The number of halogens is 1. The fourth-order valence-corrected chi connectivity index (χ4v) is 2.90. The second-order valence-corrected chi connectivity index (χ2v) is 5.76. The number of nitrogens with zero attached hydrogens (tertiary/aromatic N) is 3. The minimum Gasteiger partial charge on any atom is -0.391 e. The molecular formula is C13H16ClN3OS. The molecule has 0 aromatic carbocycles. The first-order valence-corrected chi connectivity index (χ1v) is 7.24. The summed E-state index contributed by atoms with van der Waals surface area (Å²) in [6, 6.07) is 4.43. The average molecular weight is 298 g/mol. The molecule has 0 aliphatic carbocycles. The quantitative estimate of drug-likeness (QED) is 0.862. The average Bonchev–Trinajstić information content (AvgIpc) is 2.90. The molecule has 1 atom stereocenters. The van der Waals surface area contributed by atoms with Crippen molar-refractivity contribution in [3.63, 3.8) is 0 Å². The number of rotatable bonds is 5. The van der Waals surface area contributed by atoms with Gasteiger partial charge in [0.2, 0.25) is 0 Å². The van der Waals surface area contributed by atoms with Gasteiger partial charge >= 0.3 is 0 Å². The Morgan fingerprint density at radius 2 is 2.26 bits per heavy atom. The molecule has 6 heteroatoms. The van der Waals surface area contributed by atoms with Crippen LogP contribution in [-0.2, 0) is 13.0 Å². The fourth-order valence-electron chi connectivity index (χ4n) is 1.89. The third kappa shape index (κ3) is 3.23. The maximum atomic E-state index is 9.40. The molecule has 0 spiro atoms. The topological polar surface area (TPSA) is 49.2 Å². The maximum Gasteiger partial charge on any atom is 0.140 e. The van der Waals surface area contributed by atoms with Crippen LogP contribution in [0.15, 0.2) is 23.8 Å². The summed E-state index contributed by atoms with van der Waals surface area (Å²) in [7, 11) is 1.95. The Labute approximate surface area is 121 Å². The molecular weight excluding hydrogens is 282 g/mol. The van der Waals surface area contributed by atoms with Crippen molar-refractivity contribution in [2.75, 3.05) is 11.9 Å². The lowest BCUT2D eigenvalue weighted by Gasteiger charge is -2.27. The van der Waals surface area contributed by atoms with E-state index in [4.69, 9.17) is 11.6 Å². The van der Waals surface area contributed by atoms with Gasteiger partial charge in [0, 0.05) is 24.4 Å². The Kier molecular flexibility index (Phi) is 4.74. The third-order valence-electron chi connectivity index (χ3n) is 3.10. The Morgan fingerprint density at radius 3 is 2.89 bits per heavy atom. The van der Waals surface area contributed by atoms with Crippen LogP contribution in [0.5, 0.6) is 0 Å². The van der Waals surface area contributed by atoms with E-state index in [1.165, 1.54) is 11.2 Å². The summed E-state index contributed by atoms with van der Waals surface area (Å²) in [6.45, 7) is 1.96. The van der Waals surface area contributed by atoms with Crippen molar-refractivity contribution in [2.45, 2.75) is 26.0 Å². The highest BCUT2D eigenvalue weighted by Gasteiger charge is 2.18. The van der Waals surface area contributed by atoms with Crippen LogP contribution < -0.4 is 4.90 Å². The number of hydrogen-bond donors (Lipinski definition) is 1. The largest absolute Gasteiger partial charge is 0.391 e. The lowest BCUT2D eigenvalue weighted by molar-refractivity contribution is 0.281. The molecule has 2 heterocycles. The van der Waals surface area contributed by atoms with Gasteiger partial charge in [0.05, 0.1) is 12.2 Å². The van der Waals surface area contributed by atoms with Crippen molar-refractivity contribution in [3.05, 3.63) is 39.4 Å². The summed E-state index contributed by atoms with van der Waals surface area (Å²) in [6.07, 6.45) is 2.35. The molecule has 0 saturated heterocycles. The number of aromatic nitrogens is 2. The van der Waals surface area contributed by atoms with Gasteiger partial charge in [-0.3, -0.25) is 0 Å². The molecule has 2 aromatic rings. The number of thiophene rings is 1. The first-order chi connectivity index (χ1) is 9.13. The minimum atomic E-state index is -0.162. The van der Waals surface area contributed by atoms with Crippen molar-refractivity contribution < 1.29 is 5.11 Å². The molecule has 19 heavy (non-hydrogen) atoms. The molecule has 2 aromatic heterocycles. The maximum absolute atomic E-state index is 9.40. The Balaban J connectivity index is 2.19. The van der Waals surface area contributed by atoms with E-state index in [0.29, 0.717) is 16.5 Å². The third-order valence-corrected chi connectivity index (χ3v) is 4.32. The molecule has 0 saturated carbocycles. The van der Waals surface area contributed by atoms with Gasteiger partial charge in [-0.25, -0.2) is 9.97 Å². The second kappa shape index (κ2) is 6.32. The van der Waals surface area contributed by atoms with Gasteiger partial charge < -0.3 is 10.0 Å². The molecule has 1 N–H and O–H groups in total. The van der Waals surface area contributed by atoms with Crippen LogP contribution in [0, 0.1) is 0 Å². The molecule has 0 amide bonds. The van der Waals surface area contributed by atoms with Crippen molar-refractivity contribution >= 4 is 28.8 Å². The Hall–Kier alpha value is -1.17. The fraction of sp³-hybridized carbons (Fsp3) is 0.385. The second-order valence-electron chi connectivity index (χ2n) is 4.37. The van der Waals surface area contributed by atoms with Crippen LogP contribution in [-0.4, -0.2) is 28.2 Å². The summed E-state index contributed by atoms with van der Waals surface area (Å²) < 4.78 is 0. The van der Waals surface area contributed by atoms with E-state index in [1.54, 1.807) is 11.3 Å². The van der Waals surface area contributed by atoms with E-state index in [2.05, 4.69) is 28.3 Å². The van der Waals surface area contributed by atoms with Gasteiger partial charge in [-0.05, 0) is 18.4 Å². The van der Waals surface area contributed by atoms with Crippen LogP contribution in [0.3, 0.4) is 0 Å². The smallest absolute Gasteiger partial charge is 0.140 e. The monoisotopic (exact) mass is 297 g/mol. The first kappa shape index (κ1) is 14.2. The van der Waals surface area contributed by atoms with Crippen LogP contribution in [0.25, 0.3) is 0 Å². The lowest BCUT2D eigenvalue weighted by Crippen LogP contribution is -2.32. The Morgan fingerprint density at radius 1 is 1.47 bits per heavy atom. The molecule has 0 fully saturated rings. The molecule has 0 bridgehead atoms. The highest BCUT2D eigenvalue weighted by molar-refractivity contribution is 7.09. The zero-order valence-electron chi connectivity index (χ0n) is 10.9. The number of anilines is 1. The summed E-state index contributed by atoms with van der Waals surface area (Å²) in [5.41, 5.74) is 0.574. The van der Waals surface area contributed by atoms with E-state index in [0.717, 1.165) is 6.42 Å². The van der Waals surface area contributed by atoms with Crippen molar-refractivity contribution in [1.82, 2.24) is 9.97 Å². The molecule has 4 nitrogen and oxygen atoms in total. The zero-order valence-corrected chi connectivity index (χ0v) is 12.4. The highest BCUT2D eigenvalue weighted by Crippen LogP contribution is 2.25. The van der Waals surface area contributed by atoms with Gasteiger partial charge in [-0.1, -0.05) is 17.7 Å².